The van der Waals surface area contributed by atoms with Gasteiger partial charge in [0.2, 0.25) is 5.91 Å². The van der Waals surface area contributed by atoms with Gasteiger partial charge in [0, 0.05) is 19.2 Å². The highest BCUT2D eigenvalue weighted by Crippen LogP contribution is 2.36. The lowest BCUT2D eigenvalue weighted by Crippen LogP contribution is -2.52. The first-order valence-electron chi connectivity index (χ1n) is 7.94. The number of hydrogen-bond donors (Lipinski definition) is 0. The van der Waals surface area contributed by atoms with Crippen LogP contribution in [0.25, 0.3) is 11.5 Å². The summed E-state index contributed by atoms with van der Waals surface area (Å²) in [6, 6.07) is 5.86. The molecule has 7 heteroatoms. The summed E-state index contributed by atoms with van der Waals surface area (Å²) in [5.74, 6) is 0.365. The number of hydrogen-bond acceptors (Lipinski definition) is 5. The molecule has 1 aromatic carbocycles. The molecule has 0 saturated carbocycles. The number of aromatic nitrogens is 2. The molecule has 1 atom stereocenters. The fourth-order valence-electron chi connectivity index (χ4n) is 3.11. The molecular weight excluding hydrogens is 313 g/mol. The van der Waals surface area contributed by atoms with Crippen LogP contribution in [-0.4, -0.2) is 41.2 Å². The third kappa shape index (κ3) is 3.03. The highest BCUT2D eigenvalue weighted by atomic mass is 19.1. The molecule has 1 aliphatic heterocycles. The Kier molecular flexibility index (Phi) is 4.62. The number of halogens is 1. The lowest BCUT2D eigenvalue weighted by Gasteiger charge is -2.42. The van der Waals surface area contributed by atoms with Gasteiger partial charge in [0.25, 0.3) is 5.89 Å². The van der Waals surface area contributed by atoms with Crippen LogP contribution in [0.15, 0.2) is 28.8 Å². The zero-order valence-electron chi connectivity index (χ0n) is 13.8. The van der Waals surface area contributed by atoms with E-state index in [9.17, 15) is 9.18 Å². The van der Waals surface area contributed by atoms with E-state index in [1.807, 2.05) is 6.92 Å². The summed E-state index contributed by atoms with van der Waals surface area (Å²) in [5, 5.41) is 4.09. The molecule has 1 amide bonds. The summed E-state index contributed by atoms with van der Waals surface area (Å²) >= 11 is 0. The molecule has 6 nitrogen and oxygen atoms in total. The van der Waals surface area contributed by atoms with Gasteiger partial charge in [0.1, 0.15) is 18.0 Å². The molecule has 1 unspecified atom stereocenters. The van der Waals surface area contributed by atoms with Crippen LogP contribution in [0.2, 0.25) is 0 Å². The second kappa shape index (κ2) is 6.68. The largest absolute Gasteiger partial charge is 0.375 e. The maximum Gasteiger partial charge on any atom is 0.258 e. The van der Waals surface area contributed by atoms with Crippen molar-refractivity contribution in [3.05, 3.63) is 35.9 Å². The van der Waals surface area contributed by atoms with E-state index in [1.54, 1.807) is 17.0 Å². The third-order valence-electron chi connectivity index (χ3n) is 4.46. The van der Waals surface area contributed by atoms with Crippen molar-refractivity contribution in [1.29, 1.82) is 0 Å². The van der Waals surface area contributed by atoms with E-state index in [2.05, 4.69) is 10.1 Å². The highest BCUT2D eigenvalue weighted by Gasteiger charge is 2.42. The minimum Gasteiger partial charge on any atom is -0.375 e. The number of carbonyl (C=O) groups excluding carboxylic acids is 1. The molecule has 0 spiro atoms. The Labute approximate surface area is 139 Å². The van der Waals surface area contributed by atoms with Crippen LogP contribution < -0.4 is 0 Å². The lowest BCUT2D eigenvalue weighted by atomic mass is 9.87. The quantitative estimate of drug-likeness (QED) is 0.860. The number of ether oxygens (including phenoxy) is 1. The number of benzene rings is 1. The van der Waals surface area contributed by atoms with Crippen LogP contribution in [0.5, 0.6) is 0 Å². The molecule has 0 aliphatic carbocycles. The van der Waals surface area contributed by atoms with Crippen molar-refractivity contribution in [1.82, 2.24) is 15.0 Å². The first kappa shape index (κ1) is 16.6. The van der Waals surface area contributed by atoms with Crippen molar-refractivity contribution >= 4 is 5.91 Å². The van der Waals surface area contributed by atoms with Crippen LogP contribution in [0.1, 0.15) is 32.0 Å². The van der Waals surface area contributed by atoms with E-state index in [0.29, 0.717) is 23.8 Å². The molecule has 1 aliphatic rings. The summed E-state index contributed by atoms with van der Waals surface area (Å²) in [5.41, 5.74) is 0.0136. The van der Waals surface area contributed by atoms with Gasteiger partial charge in [0.05, 0.1) is 0 Å². The second-order valence-corrected chi connectivity index (χ2v) is 6.14. The van der Waals surface area contributed by atoms with Gasteiger partial charge < -0.3 is 14.2 Å². The van der Waals surface area contributed by atoms with Crippen molar-refractivity contribution in [3.63, 3.8) is 0 Å². The molecular formula is C17H20FN3O3. The van der Waals surface area contributed by atoms with Crippen LogP contribution in [0.3, 0.4) is 0 Å². The fraction of sp³-hybridized carbons (Fsp3) is 0.471. The van der Waals surface area contributed by atoms with Gasteiger partial charge in [-0.15, -0.1) is 0 Å². The second-order valence-electron chi connectivity index (χ2n) is 6.14. The lowest BCUT2D eigenvalue weighted by molar-refractivity contribution is -0.144. The first-order valence-corrected chi connectivity index (χ1v) is 7.94. The Morgan fingerprint density at radius 1 is 1.38 bits per heavy atom. The maximum atomic E-state index is 13.0. The van der Waals surface area contributed by atoms with Gasteiger partial charge in [-0.1, -0.05) is 5.16 Å². The molecule has 2 aromatic rings. The molecule has 1 fully saturated rings. The van der Waals surface area contributed by atoms with Crippen molar-refractivity contribution in [2.45, 2.75) is 31.7 Å². The molecule has 0 N–H and O–H groups in total. The van der Waals surface area contributed by atoms with Crippen LogP contribution in [-0.2, 0) is 15.1 Å². The summed E-state index contributed by atoms with van der Waals surface area (Å²) in [6.45, 7) is 2.61. The Bertz CT molecular complexity index is 716. The Balaban J connectivity index is 1.91. The van der Waals surface area contributed by atoms with E-state index < -0.39 is 5.54 Å². The predicted octanol–water partition coefficient (Wildman–Crippen LogP) is 2.75. The summed E-state index contributed by atoms with van der Waals surface area (Å²) in [4.78, 5) is 18.6. The minimum absolute atomic E-state index is 0.0261. The van der Waals surface area contributed by atoms with E-state index >= 15 is 0 Å². The zero-order chi connectivity index (χ0) is 17.2. The van der Waals surface area contributed by atoms with Crippen molar-refractivity contribution < 1.29 is 18.4 Å². The average molecular weight is 333 g/mol. The number of carbonyl (C=O) groups is 1. The molecule has 3 rings (SSSR count). The topological polar surface area (TPSA) is 68.5 Å². The van der Waals surface area contributed by atoms with Crippen LogP contribution >= 0.6 is 0 Å². The maximum absolute atomic E-state index is 13.0. The SMILES string of the molecule is COCC(=O)N1CCCCC1(C)c1noc(-c2ccc(F)cc2)n1. The van der Waals surface area contributed by atoms with Gasteiger partial charge in [0.15, 0.2) is 5.82 Å². The molecule has 1 aromatic heterocycles. The van der Waals surface area contributed by atoms with E-state index in [4.69, 9.17) is 9.26 Å². The molecule has 24 heavy (non-hydrogen) atoms. The van der Waals surface area contributed by atoms with Gasteiger partial charge in [-0.25, -0.2) is 4.39 Å². The van der Waals surface area contributed by atoms with Gasteiger partial charge in [-0.05, 0) is 50.5 Å². The van der Waals surface area contributed by atoms with Gasteiger partial charge in [-0.2, -0.15) is 4.98 Å². The molecule has 0 radical (unpaired) electrons. The van der Waals surface area contributed by atoms with E-state index in [-0.39, 0.29) is 18.3 Å². The number of piperidine rings is 1. The van der Waals surface area contributed by atoms with Crippen molar-refractivity contribution in [2.24, 2.45) is 0 Å². The smallest absolute Gasteiger partial charge is 0.258 e. The summed E-state index contributed by atoms with van der Waals surface area (Å²) < 4.78 is 23.4. The standard InChI is InChI=1S/C17H20FN3O3/c1-17(9-3-4-10-21(17)14(22)11-23-2)16-19-15(24-20-16)12-5-7-13(18)8-6-12/h5-8H,3-4,9-11H2,1-2H3. The summed E-state index contributed by atoms with van der Waals surface area (Å²) in [6.07, 6.45) is 2.67. The molecule has 0 bridgehead atoms. The minimum atomic E-state index is -0.629. The van der Waals surface area contributed by atoms with E-state index in [1.165, 1.54) is 19.2 Å². The predicted molar refractivity (Wildman–Crippen MR) is 84.5 cm³/mol. The Hall–Kier alpha value is -2.28. The van der Waals surface area contributed by atoms with Crippen molar-refractivity contribution in [3.8, 4) is 11.5 Å². The summed E-state index contributed by atoms with van der Waals surface area (Å²) in [7, 11) is 1.50. The monoisotopic (exact) mass is 333 g/mol. The highest BCUT2D eigenvalue weighted by molar-refractivity contribution is 5.78. The van der Waals surface area contributed by atoms with Crippen molar-refractivity contribution in [2.75, 3.05) is 20.3 Å². The first-order chi connectivity index (χ1) is 11.5. The van der Waals surface area contributed by atoms with Gasteiger partial charge in [-0.3, -0.25) is 4.79 Å². The fourth-order valence-corrected chi connectivity index (χ4v) is 3.11. The number of methoxy groups -OCH3 is 1. The van der Waals surface area contributed by atoms with Gasteiger partial charge >= 0.3 is 0 Å². The number of amides is 1. The average Bonchev–Trinajstić information content (AvgIpc) is 3.07. The van der Waals surface area contributed by atoms with E-state index in [0.717, 1.165) is 19.3 Å². The number of rotatable bonds is 4. The number of likely N-dealkylation sites (tertiary alicyclic amines) is 1. The van der Waals surface area contributed by atoms with Crippen LogP contribution in [0, 0.1) is 5.82 Å². The number of nitrogens with zero attached hydrogens (tertiary/aromatic N) is 3. The Morgan fingerprint density at radius 3 is 2.83 bits per heavy atom. The third-order valence-corrected chi connectivity index (χ3v) is 4.46. The Morgan fingerprint density at radius 2 is 2.12 bits per heavy atom. The molecule has 2 heterocycles. The molecule has 128 valence electrons. The molecule has 1 saturated heterocycles. The van der Waals surface area contributed by atoms with Crippen LogP contribution in [0.4, 0.5) is 4.39 Å². The normalized spacial score (nSPS) is 21.0. The zero-order valence-corrected chi connectivity index (χ0v) is 13.8.